The second kappa shape index (κ2) is 4.49. The minimum absolute atomic E-state index is 0.243. The number of halogens is 1. The maximum Gasteiger partial charge on any atom is 0.182 e. The highest BCUT2D eigenvalue weighted by atomic mass is 32.1. The highest BCUT2D eigenvalue weighted by Crippen LogP contribution is 2.27. The molecule has 0 saturated carbocycles. The third kappa shape index (κ3) is 1.99. The number of ether oxygens (including phenoxy) is 1. The summed E-state index contributed by atoms with van der Waals surface area (Å²) in [6.45, 7) is 0. The highest BCUT2D eigenvalue weighted by Gasteiger charge is 2.07. The Kier molecular flexibility index (Phi) is 3.05. The molecule has 1 N–H and O–H groups in total. The van der Waals surface area contributed by atoms with E-state index in [1.54, 1.807) is 19.2 Å². The number of rotatable bonds is 3. The summed E-state index contributed by atoms with van der Waals surface area (Å²) in [4.78, 5) is 4.30. The first-order chi connectivity index (χ1) is 7.74. The molecule has 0 amide bonds. The molecular formula is C11H11FN2OS. The lowest BCUT2D eigenvalue weighted by Gasteiger charge is -2.02. The van der Waals surface area contributed by atoms with Crippen LogP contribution >= 0.6 is 11.3 Å². The molecule has 84 valence electrons. The Hall–Kier alpha value is -1.62. The molecule has 2 aromatic rings. The van der Waals surface area contributed by atoms with E-state index < -0.39 is 0 Å². The van der Waals surface area contributed by atoms with E-state index in [2.05, 4.69) is 10.3 Å². The van der Waals surface area contributed by atoms with Crippen molar-refractivity contribution >= 4 is 16.5 Å². The Morgan fingerprint density at radius 3 is 2.81 bits per heavy atom. The number of benzene rings is 1. The van der Waals surface area contributed by atoms with Crippen molar-refractivity contribution in [2.24, 2.45) is 0 Å². The van der Waals surface area contributed by atoms with Gasteiger partial charge in [0, 0.05) is 18.0 Å². The van der Waals surface area contributed by atoms with Crippen LogP contribution < -0.4 is 10.1 Å². The number of nitrogens with one attached hydrogen (secondary N) is 1. The predicted octanol–water partition coefficient (Wildman–Crippen LogP) is 3.00. The number of hydrogen-bond acceptors (Lipinski definition) is 4. The molecule has 2 rings (SSSR count). The van der Waals surface area contributed by atoms with Gasteiger partial charge in [0.2, 0.25) is 0 Å². The van der Waals surface area contributed by atoms with Crippen LogP contribution in [0.2, 0.25) is 0 Å². The van der Waals surface area contributed by atoms with E-state index in [-0.39, 0.29) is 11.6 Å². The number of methoxy groups -OCH3 is 1. The Labute approximate surface area is 96.9 Å². The first-order valence-corrected chi connectivity index (χ1v) is 5.59. The Morgan fingerprint density at radius 2 is 2.25 bits per heavy atom. The molecule has 0 unspecified atom stereocenters. The van der Waals surface area contributed by atoms with Gasteiger partial charge in [-0.05, 0) is 18.2 Å². The van der Waals surface area contributed by atoms with Gasteiger partial charge in [-0.2, -0.15) is 0 Å². The summed E-state index contributed by atoms with van der Waals surface area (Å²) < 4.78 is 18.3. The fourth-order valence-electron chi connectivity index (χ4n) is 1.35. The molecule has 0 radical (unpaired) electrons. The number of anilines is 1. The maximum atomic E-state index is 13.5. The molecule has 0 aliphatic carbocycles. The second-order valence-electron chi connectivity index (χ2n) is 3.14. The van der Waals surface area contributed by atoms with Crippen molar-refractivity contribution in [1.29, 1.82) is 0 Å². The molecule has 5 heteroatoms. The average molecular weight is 238 g/mol. The molecule has 0 aliphatic rings. The van der Waals surface area contributed by atoms with Crippen LogP contribution in [0.25, 0.3) is 11.3 Å². The highest BCUT2D eigenvalue weighted by molar-refractivity contribution is 7.14. The lowest BCUT2D eigenvalue weighted by molar-refractivity contribution is 0.386. The lowest BCUT2D eigenvalue weighted by Crippen LogP contribution is -1.89. The zero-order chi connectivity index (χ0) is 11.5. The summed E-state index contributed by atoms with van der Waals surface area (Å²) >= 11 is 1.48. The van der Waals surface area contributed by atoms with E-state index in [0.717, 1.165) is 16.4 Å². The van der Waals surface area contributed by atoms with Gasteiger partial charge in [0.1, 0.15) is 0 Å². The Bertz CT molecular complexity index is 498. The van der Waals surface area contributed by atoms with Crippen LogP contribution in [-0.4, -0.2) is 19.1 Å². The zero-order valence-corrected chi connectivity index (χ0v) is 9.77. The van der Waals surface area contributed by atoms with Crippen LogP contribution in [0.1, 0.15) is 0 Å². The topological polar surface area (TPSA) is 34.2 Å². The van der Waals surface area contributed by atoms with Crippen LogP contribution in [0, 0.1) is 5.82 Å². The monoisotopic (exact) mass is 238 g/mol. The number of thiazole rings is 1. The summed E-state index contributed by atoms with van der Waals surface area (Å²) in [5.74, 6) is -0.133. The van der Waals surface area contributed by atoms with Crippen molar-refractivity contribution < 1.29 is 9.13 Å². The van der Waals surface area contributed by atoms with E-state index in [1.165, 1.54) is 24.5 Å². The zero-order valence-electron chi connectivity index (χ0n) is 8.95. The van der Waals surface area contributed by atoms with E-state index in [0.29, 0.717) is 0 Å². The van der Waals surface area contributed by atoms with Gasteiger partial charge in [-0.1, -0.05) is 0 Å². The van der Waals surface area contributed by atoms with Gasteiger partial charge < -0.3 is 10.1 Å². The summed E-state index contributed by atoms with van der Waals surface area (Å²) in [6.07, 6.45) is 0. The number of aromatic nitrogens is 1. The minimum atomic E-state index is -0.376. The van der Waals surface area contributed by atoms with Gasteiger partial charge in [0.15, 0.2) is 16.7 Å². The van der Waals surface area contributed by atoms with Crippen molar-refractivity contribution in [3.8, 4) is 17.0 Å². The molecule has 16 heavy (non-hydrogen) atoms. The quantitative estimate of drug-likeness (QED) is 0.892. The molecule has 1 heterocycles. The van der Waals surface area contributed by atoms with Gasteiger partial charge in [-0.15, -0.1) is 11.3 Å². The van der Waals surface area contributed by atoms with Crippen molar-refractivity contribution in [3.05, 3.63) is 29.4 Å². The molecule has 1 aromatic carbocycles. The summed E-state index contributed by atoms with van der Waals surface area (Å²) in [6, 6.07) is 4.81. The van der Waals surface area contributed by atoms with Crippen LogP contribution in [0.4, 0.5) is 9.52 Å². The minimum Gasteiger partial charge on any atom is -0.494 e. The van der Waals surface area contributed by atoms with Crippen molar-refractivity contribution in [2.75, 3.05) is 19.5 Å². The molecule has 0 atom stereocenters. The molecular weight excluding hydrogens is 227 g/mol. The molecule has 0 bridgehead atoms. The summed E-state index contributed by atoms with van der Waals surface area (Å²) in [7, 11) is 3.25. The first kappa shape index (κ1) is 10.9. The molecule has 1 aromatic heterocycles. The first-order valence-electron chi connectivity index (χ1n) is 4.72. The molecule has 0 spiro atoms. The Balaban J connectivity index is 2.37. The van der Waals surface area contributed by atoms with Crippen LogP contribution in [-0.2, 0) is 0 Å². The smallest absolute Gasteiger partial charge is 0.182 e. The number of hydrogen-bond donors (Lipinski definition) is 1. The number of nitrogens with zero attached hydrogens (tertiary/aromatic N) is 1. The SMILES string of the molecule is CNc1nc(-c2ccc(OC)c(F)c2)cs1. The van der Waals surface area contributed by atoms with E-state index in [9.17, 15) is 4.39 Å². The normalized spacial score (nSPS) is 10.2. The van der Waals surface area contributed by atoms with Gasteiger partial charge >= 0.3 is 0 Å². The van der Waals surface area contributed by atoms with Crippen LogP contribution in [0.3, 0.4) is 0 Å². The van der Waals surface area contributed by atoms with E-state index >= 15 is 0 Å². The average Bonchev–Trinajstić information content (AvgIpc) is 2.77. The van der Waals surface area contributed by atoms with Gasteiger partial charge in [-0.3, -0.25) is 0 Å². The van der Waals surface area contributed by atoms with Crippen LogP contribution in [0.5, 0.6) is 5.75 Å². The van der Waals surface area contributed by atoms with E-state index in [4.69, 9.17) is 4.74 Å². The third-order valence-corrected chi connectivity index (χ3v) is 3.03. The molecule has 3 nitrogen and oxygen atoms in total. The Morgan fingerprint density at radius 1 is 1.44 bits per heavy atom. The maximum absolute atomic E-state index is 13.5. The fourth-order valence-corrected chi connectivity index (χ4v) is 2.03. The lowest BCUT2D eigenvalue weighted by atomic mass is 10.1. The summed E-state index contributed by atoms with van der Waals surface area (Å²) in [5.41, 5.74) is 1.51. The van der Waals surface area contributed by atoms with Crippen molar-refractivity contribution in [3.63, 3.8) is 0 Å². The third-order valence-electron chi connectivity index (χ3n) is 2.17. The van der Waals surface area contributed by atoms with Crippen LogP contribution in [0.15, 0.2) is 23.6 Å². The standard InChI is InChI=1S/C11H11FN2OS/c1-13-11-14-9(6-16-11)7-3-4-10(15-2)8(12)5-7/h3-6H,1-2H3,(H,13,14). The molecule has 0 aliphatic heterocycles. The van der Waals surface area contributed by atoms with Gasteiger partial charge in [0.25, 0.3) is 0 Å². The van der Waals surface area contributed by atoms with Gasteiger partial charge in [0.05, 0.1) is 12.8 Å². The van der Waals surface area contributed by atoms with E-state index in [1.807, 2.05) is 5.38 Å². The largest absolute Gasteiger partial charge is 0.494 e. The second-order valence-corrected chi connectivity index (χ2v) is 4.00. The van der Waals surface area contributed by atoms with Crippen molar-refractivity contribution in [2.45, 2.75) is 0 Å². The molecule has 0 fully saturated rings. The van der Waals surface area contributed by atoms with Crippen molar-refractivity contribution in [1.82, 2.24) is 4.98 Å². The predicted molar refractivity (Wildman–Crippen MR) is 63.6 cm³/mol. The van der Waals surface area contributed by atoms with Gasteiger partial charge in [-0.25, -0.2) is 9.37 Å². The summed E-state index contributed by atoms with van der Waals surface area (Å²) in [5, 5.41) is 5.64. The fraction of sp³-hybridized carbons (Fsp3) is 0.182. The molecule has 0 saturated heterocycles.